The van der Waals surface area contributed by atoms with Crippen LogP contribution >= 0.6 is 0 Å². The number of ether oxygens (including phenoxy) is 1. The van der Waals surface area contributed by atoms with Crippen molar-refractivity contribution in [2.75, 3.05) is 37.7 Å². The van der Waals surface area contributed by atoms with Gasteiger partial charge in [0.25, 0.3) is 5.91 Å². The molecular formula is C18H18N4O2. The second kappa shape index (κ2) is 7.47. The molecule has 1 fully saturated rings. The number of rotatable bonds is 4. The SMILES string of the molecule is N#Cc1cccnc1N1CCN(C(=O)COc2ccccc2)CC1. The van der Waals surface area contributed by atoms with Crippen LogP contribution in [0.3, 0.4) is 0 Å². The van der Waals surface area contributed by atoms with Gasteiger partial charge in [0.05, 0.1) is 5.56 Å². The third kappa shape index (κ3) is 3.63. The molecule has 2 aromatic rings. The average molecular weight is 322 g/mol. The Morgan fingerprint density at radius 3 is 2.58 bits per heavy atom. The second-order valence-corrected chi connectivity index (χ2v) is 5.46. The number of para-hydroxylation sites is 1. The molecule has 1 amide bonds. The van der Waals surface area contributed by atoms with Crippen LogP contribution in [0.4, 0.5) is 5.82 Å². The molecule has 0 bridgehead atoms. The van der Waals surface area contributed by atoms with Gasteiger partial charge < -0.3 is 14.5 Å². The van der Waals surface area contributed by atoms with E-state index in [1.165, 1.54) is 0 Å². The molecule has 1 aromatic heterocycles. The quantitative estimate of drug-likeness (QED) is 0.856. The molecule has 1 aliphatic rings. The molecule has 0 atom stereocenters. The molecule has 0 radical (unpaired) electrons. The fourth-order valence-corrected chi connectivity index (χ4v) is 2.66. The lowest BCUT2D eigenvalue weighted by Gasteiger charge is -2.35. The fraction of sp³-hybridized carbons (Fsp3) is 0.278. The van der Waals surface area contributed by atoms with Crippen molar-refractivity contribution in [2.45, 2.75) is 0 Å². The van der Waals surface area contributed by atoms with Gasteiger partial charge in [0.15, 0.2) is 6.61 Å². The molecule has 3 rings (SSSR count). The van der Waals surface area contributed by atoms with E-state index in [1.54, 1.807) is 23.2 Å². The second-order valence-electron chi connectivity index (χ2n) is 5.46. The van der Waals surface area contributed by atoms with Gasteiger partial charge in [0.2, 0.25) is 0 Å². The lowest BCUT2D eigenvalue weighted by molar-refractivity contribution is -0.133. The van der Waals surface area contributed by atoms with Crippen molar-refractivity contribution in [2.24, 2.45) is 0 Å². The number of carbonyl (C=O) groups is 1. The van der Waals surface area contributed by atoms with Gasteiger partial charge in [-0.3, -0.25) is 4.79 Å². The van der Waals surface area contributed by atoms with Gasteiger partial charge in [-0.05, 0) is 24.3 Å². The maximum Gasteiger partial charge on any atom is 0.260 e. The van der Waals surface area contributed by atoms with Crippen LogP contribution in [0.25, 0.3) is 0 Å². The maximum absolute atomic E-state index is 12.3. The predicted molar refractivity (Wildman–Crippen MR) is 89.7 cm³/mol. The Hall–Kier alpha value is -3.07. The molecule has 2 heterocycles. The van der Waals surface area contributed by atoms with Crippen molar-refractivity contribution in [3.63, 3.8) is 0 Å². The zero-order chi connectivity index (χ0) is 16.8. The number of nitrogens with zero attached hydrogens (tertiary/aromatic N) is 4. The van der Waals surface area contributed by atoms with Gasteiger partial charge in [0, 0.05) is 32.4 Å². The minimum absolute atomic E-state index is 0.0277. The summed E-state index contributed by atoms with van der Waals surface area (Å²) in [5, 5.41) is 9.17. The average Bonchev–Trinajstić information content (AvgIpc) is 2.67. The highest BCUT2D eigenvalue weighted by atomic mass is 16.5. The van der Waals surface area contributed by atoms with E-state index in [0.29, 0.717) is 43.3 Å². The third-order valence-electron chi connectivity index (χ3n) is 3.94. The first-order chi connectivity index (χ1) is 11.8. The van der Waals surface area contributed by atoms with E-state index >= 15 is 0 Å². The van der Waals surface area contributed by atoms with Crippen LogP contribution in [0.2, 0.25) is 0 Å². The van der Waals surface area contributed by atoms with Crippen LogP contribution in [-0.4, -0.2) is 48.6 Å². The minimum Gasteiger partial charge on any atom is -0.484 e. The molecule has 0 saturated carbocycles. The Balaban J connectivity index is 1.53. The van der Waals surface area contributed by atoms with Crippen LogP contribution in [0.1, 0.15) is 5.56 Å². The van der Waals surface area contributed by atoms with Gasteiger partial charge in [0.1, 0.15) is 17.6 Å². The standard InChI is InChI=1S/C18H18N4O2/c19-13-15-5-4-8-20-18(15)22-11-9-21(10-12-22)17(23)14-24-16-6-2-1-3-7-16/h1-8H,9-12,14H2. The van der Waals surface area contributed by atoms with Crippen molar-refractivity contribution >= 4 is 11.7 Å². The molecule has 0 aliphatic carbocycles. The first-order valence-corrected chi connectivity index (χ1v) is 7.83. The number of hydrogen-bond acceptors (Lipinski definition) is 5. The van der Waals surface area contributed by atoms with Crippen LogP contribution in [0.5, 0.6) is 5.75 Å². The fourth-order valence-electron chi connectivity index (χ4n) is 2.66. The molecule has 1 aromatic carbocycles. The molecule has 0 N–H and O–H groups in total. The number of nitriles is 1. The predicted octanol–water partition coefficient (Wildman–Crippen LogP) is 1.68. The number of benzene rings is 1. The van der Waals surface area contributed by atoms with Gasteiger partial charge in [-0.15, -0.1) is 0 Å². The zero-order valence-electron chi connectivity index (χ0n) is 13.3. The molecule has 6 nitrogen and oxygen atoms in total. The van der Waals surface area contributed by atoms with E-state index in [0.717, 1.165) is 0 Å². The topological polar surface area (TPSA) is 69.5 Å². The summed E-state index contributed by atoms with van der Waals surface area (Å²) in [5.41, 5.74) is 0.560. The van der Waals surface area contributed by atoms with Crippen LogP contribution in [0, 0.1) is 11.3 Å². The van der Waals surface area contributed by atoms with E-state index in [-0.39, 0.29) is 12.5 Å². The van der Waals surface area contributed by atoms with Crippen molar-refractivity contribution in [3.8, 4) is 11.8 Å². The number of amides is 1. The number of anilines is 1. The highest BCUT2D eigenvalue weighted by Crippen LogP contribution is 2.18. The Bertz CT molecular complexity index is 734. The summed E-state index contributed by atoms with van der Waals surface area (Å²) in [5.74, 6) is 1.35. The van der Waals surface area contributed by atoms with Crippen LogP contribution < -0.4 is 9.64 Å². The first-order valence-electron chi connectivity index (χ1n) is 7.83. The summed E-state index contributed by atoms with van der Waals surface area (Å²) >= 11 is 0. The summed E-state index contributed by atoms with van der Waals surface area (Å²) in [6.45, 7) is 2.54. The van der Waals surface area contributed by atoms with Crippen molar-refractivity contribution < 1.29 is 9.53 Å². The molecule has 0 unspecified atom stereocenters. The highest BCUT2D eigenvalue weighted by Gasteiger charge is 2.23. The normalized spacial score (nSPS) is 14.1. The summed E-state index contributed by atoms with van der Waals surface area (Å²) in [6.07, 6.45) is 1.68. The first kappa shape index (κ1) is 15.8. The molecule has 6 heteroatoms. The number of aromatic nitrogens is 1. The van der Waals surface area contributed by atoms with E-state index in [9.17, 15) is 4.79 Å². The smallest absolute Gasteiger partial charge is 0.260 e. The molecule has 1 saturated heterocycles. The Morgan fingerprint density at radius 1 is 1.12 bits per heavy atom. The molecular weight excluding hydrogens is 304 g/mol. The van der Waals surface area contributed by atoms with E-state index < -0.39 is 0 Å². The van der Waals surface area contributed by atoms with Gasteiger partial charge in [-0.25, -0.2) is 4.98 Å². The third-order valence-corrected chi connectivity index (χ3v) is 3.94. The lowest BCUT2D eigenvalue weighted by Crippen LogP contribution is -2.50. The van der Waals surface area contributed by atoms with Crippen molar-refractivity contribution in [1.29, 1.82) is 5.26 Å². The van der Waals surface area contributed by atoms with Crippen molar-refractivity contribution in [3.05, 3.63) is 54.2 Å². The van der Waals surface area contributed by atoms with Crippen LogP contribution in [0.15, 0.2) is 48.7 Å². The summed E-state index contributed by atoms with van der Waals surface area (Å²) < 4.78 is 5.51. The Labute approximate surface area is 140 Å². The summed E-state index contributed by atoms with van der Waals surface area (Å²) in [6, 6.07) is 15.0. The maximum atomic E-state index is 12.3. The molecule has 24 heavy (non-hydrogen) atoms. The Morgan fingerprint density at radius 2 is 1.88 bits per heavy atom. The molecule has 122 valence electrons. The van der Waals surface area contributed by atoms with E-state index in [1.807, 2.05) is 35.2 Å². The number of piperazine rings is 1. The monoisotopic (exact) mass is 322 g/mol. The van der Waals surface area contributed by atoms with Crippen molar-refractivity contribution in [1.82, 2.24) is 9.88 Å². The minimum atomic E-state index is -0.0277. The summed E-state index contributed by atoms with van der Waals surface area (Å²) in [4.78, 5) is 20.4. The zero-order valence-corrected chi connectivity index (χ0v) is 13.3. The highest BCUT2D eigenvalue weighted by molar-refractivity contribution is 5.78. The van der Waals surface area contributed by atoms with Gasteiger partial charge in [-0.1, -0.05) is 18.2 Å². The number of pyridine rings is 1. The molecule has 1 aliphatic heterocycles. The lowest BCUT2D eigenvalue weighted by atomic mass is 10.2. The van der Waals surface area contributed by atoms with Gasteiger partial charge in [-0.2, -0.15) is 5.26 Å². The Kier molecular flexibility index (Phi) is 4.92. The van der Waals surface area contributed by atoms with Gasteiger partial charge >= 0.3 is 0 Å². The largest absolute Gasteiger partial charge is 0.484 e. The number of hydrogen-bond donors (Lipinski definition) is 0. The molecule has 0 spiro atoms. The van der Waals surface area contributed by atoms with E-state index in [2.05, 4.69) is 11.1 Å². The number of carbonyl (C=O) groups excluding carboxylic acids is 1. The van der Waals surface area contributed by atoms with Crippen LogP contribution in [-0.2, 0) is 4.79 Å². The van der Waals surface area contributed by atoms with E-state index in [4.69, 9.17) is 10.00 Å². The summed E-state index contributed by atoms with van der Waals surface area (Å²) in [7, 11) is 0.